The van der Waals surface area contributed by atoms with Crippen LogP contribution >= 0.6 is 11.3 Å². The number of fused-ring (bicyclic) bond motifs is 9. The fourth-order valence-electron chi connectivity index (χ4n) is 7.98. The second kappa shape index (κ2) is 9.69. The lowest BCUT2D eigenvalue weighted by Gasteiger charge is -2.30. The summed E-state index contributed by atoms with van der Waals surface area (Å²) in [5, 5.41) is 4.03. The highest BCUT2D eigenvalue weighted by Crippen LogP contribution is 2.50. The van der Waals surface area contributed by atoms with Gasteiger partial charge in [0.15, 0.2) is 0 Å². The Morgan fingerprint density at radius 3 is 2.47 bits per heavy atom. The Labute approximate surface area is 266 Å². The van der Waals surface area contributed by atoms with E-state index in [-0.39, 0.29) is 12.0 Å². The fourth-order valence-corrected chi connectivity index (χ4v) is 9.07. The average Bonchev–Trinajstić information content (AvgIpc) is 3.75. The molecule has 10 rings (SSSR count). The summed E-state index contributed by atoms with van der Waals surface area (Å²) in [4.78, 5) is 2.56. The predicted molar refractivity (Wildman–Crippen MR) is 192 cm³/mol. The SMILES string of the molecule is C1=Cc2c(n(-c3ccccc3)c3ccc(C4=CC5c6ccccc6N(c6ccc7sc8ccccc8c7c6)C5C=C4)cc23)CC1. The summed E-state index contributed by atoms with van der Waals surface area (Å²) >= 11 is 1.88. The van der Waals surface area contributed by atoms with E-state index in [0.29, 0.717) is 0 Å². The molecule has 2 nitrogen and oxygen atoms in total. The van der Waals surface area contributed by atoms with Gasteiger partial charge in [-0.2, -0.15) is 0 Å². The van der Waals surface area contributed by atoms with Crippen molar-refractivity contribution in [2.45, 2.75) is 24.8 Å². The van der Waals surface area contributed by atoms with Crippen molar-refractivity contribution in [1.29, 1.82) is 0 Å². The highest BCUT2D eigenvalue weighted by molar-refractivity contribution is 7.25. The molecule has 3 heterocycles. The Hall–Kier alpha value is -5.12. The van der Waals surface area contributed by atoms with Crippen LogP contribution in [-0.2, 0) is 6.42 Å². The number of para-hydroxylation sites is 2. The molecule has 0 radical (unpaired) electrons. The van der Waals surface area contributed by atoms with E-state index in [1.807, 2.05) is 11.3 Å². The third-order valence-corrected chi connectivity index (χ3v) is 11.1. The highest BCUT2D eigenvalue weighted by atomic mass is 32.1. The van der Waals surface area contributed by atoms with Gasteiger partial charge >= 0.3 is 0 Å². The van der Waals surface area contributed by atoms with Crippen LogP contribution in [0.5, 0.6) is 0 Å². The first-order chi connectivity index (χ1) is 22.3. The van der Waals surface area contributed by atoms with Gasteiger partial charge in [-0.15, -0.1) is 11.3 Å². The Balaban J connectivity index is 1.08. The normalized spacial score (nSPS) is 18.4. The van der Waals surface area contributed by atoms with Gasteiger partial charge in [0, 0.05) is 59.8 Å². The standard InChI is InChI=1S/C42H30N2S/c1-2-10-29(11-3-1)43-37-15-7-4-12-31(37)34-24-27(18-21-39(34)43)28-19-22-40-35(25-28)32-13-5-8-16-38(32)44(40)30-20-23-42-36(26-30)33-14-6-9-17-41(33)45-42/h1-6,8-14,16-26,35,40H,7,15H2. The second-order valence-corrected chi connectivity index (χ2v) is 13.5. The molecule has 0 bridgehead atoms. The van der Waals surface area contributed by atoms with Crippen molar-refractivity contribution in [1.82, 2.24) is 4.57 Å². The Bertz CT molecular complexity index is 2400. The maximum atomic E-state index is 2.56. The number of rotatable bonds is 3. The molecular weight excluding hydrogens is 565 g/mol. The molecule has 1 aliphatic heterocycles. The van der Waals surface area contributed by atoms with Gasteiger partial charge in [-0.05, 0) is 84.1 Å². The maximum Gasteiger partial charge on any atom is 0.0630 e. The molecule has 2 atom stereocenters. The monoisotopic (exact) mass is 594 g/mol. The van der Waals surface area contributed by atoms with Gasteiger partial charge in [0.2, 0.25) is 0 Å². The lowest BCUT2D eigenvalue weighted by Crippen LogP contribution is -2.28. The summed E-state index contributed by atoms with van der Waals surface area (Å²) in [6.45, 7) is 0. The van der Waals surface area contributed by atoms with E-state index in [0.717, 1.165) is 12.8 Å². The minimum atomic E-state index is 0.243. The number of hydrogen-bond acceptors (Lipinski definition) is 2. The van der Waals surface area contributed by atoms with Crippen molar-refractivity contribution in [3.05, 3.63) is 162 Å². The van der Waals surface area contributed by atoms with E-state index in [4.69, 9.17) is 0 Å². The van der Waals surface area contributed by atoms with Crippen LogP contribution in [0, 0.1) is 0 Å². The topological polar surface area (TPSA) is 8.17 Å². The summed E-state index contributed by atoms with van der Waals surface area (Å²) in [6, 6.07) is 42.9. The molecule has 2 aromatic heterocycles. The van der Waals surface area contributed by atoms with Crippen molar-refractivity contribution in [3.63, 3.8) is 0 Å². The van der Waals surface area contributed by atoms with Gasteiger partial charge < -0.3 is 9.47 Å². The van der Waals surface area contributed by atoms with Crippen molar-refractivity contribution in [2.75, 3.05) is 4.90 Å². The van der Waals surface area contributed by atoms with Crippen LogP contribution in [0.4, 0.5) is 11.4 Å². The fraction of sp³-hybridized carbons (Fsp3) is 0.0952. The van der Waals surface area contributed by atoms with Crippen LogP contribution in [0.1, 0.15) is 34.7 Å². The van der Waals surface area contributed by atoms with Crippen LogP contribution < -0.4 is 4.90 Å². The summed E-state index contributed by atoms with van der Waals surface area (Å²) in [5.41, 5.74) is 11.9. The first-order valence-corrected chi connectivity index (χ1v) is 16.7. The third kappa shape index (κ3) is 3.74. The lowest BCUT2D eigenvalue weighted by atomic mass is 9.86. The molecule has 214 valence electrons. The van der Waals surface area contributed by atoms with Gasteiger partial charge in [0.25, 0.3) is 0 Å². The molecule has 5 aromatic carbocycles. The van der Waals surface area contributed by atoms with Crippen molar-refractivity contribution in [2.24, 2.45) is 0 Å². The third-order valence-electron chi connectivity index (χ3n) is 9.98. The predicted octanol–water partition coefficient (Wildman–Crippen LogP) is 11.2. The number of aromatic nitrogens is 1. The molecule has 3 aliphatic rings. The van der Waals surface area contributed by atoms with Gasteiger partial charge in [-0.3, -0.25) is 0 Å². The highest BCUT2D eigenvalue weighted by Gasteiger charge is 2.38. The van der Waals surface area contributed by atoms with Crippen molar-refractivity contribution < 1.29 is 0 Å². The minimum absolute atomic E-state index is 0.243. The number of benzene rings is 5. The number of anilines is 2. The molecule has 0 fully saturated rings. The van der Waals surface area contributed by atoms with E-state index >= 15 is 0 Å². The maximum absolute atomic E-state index is 2.56. The molecule has 3 heteroatoms. The molecular formula is C42H30N2S. The van der Waals surface area contributed by atoms with Crippen LogP contribution in [-0.4, -0.2) is 10.6 Å². The molecule has 0 saturated carbocycles. The van der Waals surface area contributed by atoms with Crippen LogP contribution in [0.15, 0.2) is 140 Å². The van der Waals surface area contributed by atoms with Gasteiger partial charge in [-0.25, -0.2) is 0 Å². The Kier molecular flexibility index (Phi) is 5.43. The molecule has 2 unspecified atom stereocenters. The van der Waals surface area contributed by atoms with Crippen molar-refractivity contribution >= 4 is 65.4 Å². The van der Waals surface area contributed by atoms with E-state index < -0.39 is 0 Å². The Morgan fingerprint density at radius 1 is 0.667 bits per heavy atom. The largest absolute Gasteiger partial charge is 0.333 e. The first kappa shape index (κ1) is 25.2. The van der Waals surface area contributed by atoms with Crippen molar-refractivity contribution in [3.8, 4) is 5.69 Å². The molecule has 45 heavy (non-hydrogen) atoms. The molecule has 0 amide bonds. The molecule has 0 spiro atoms. The summed E-state index contributed by atoms with van der Waals surface area (Å²) < 4.78 is 5.17. The zero-order valence-electron chi connectivity index (χ0n) is 24.7. The molecule has 2 aliphatic carbocycles. The zero-order chi connectivity index (χ0) is 29.5. The number of hydrogen-bond donors (Lipinski definition) is 0. The van der Waals surface area contributed by atoms with E-state index in [1.165, 1.54) is 76.1 Å². The first-order valence-electron chi connectivity index (χ1n) is 15.9. The number of nitrogens with zero attached hydrogens (tertiary/aromatic N) is 2. The van der Waals surface area contributed by atoms with Gasteiger partial charge in [0.1, 0.15) is 0 Å². The summed E-state index contributed by atoms with van der Waals surface area (Å²) in [5.74, 6) is 0.287. The molecule has 0 N–H and O–H groups in total. The second-order valence-electron chi connectivity index (χ2n) is 12.4. The average molecular weight is 595 g/mol. The van der Waals surface area contributed by atoms with E-state index in [1.54, 1.807) is 0 Å². The minimum Gasteiger partial charge on any atom is -0.333 e. The summed E-state index contributed by atoms with van der Waals surface area (Å²) in [7, 11) is 0. The number of allylic oxidation sites excluding steroid dienone is 3. The summed E-state index contributed by atoms with van der Waals surface area (Å²) in [6.07, 6.45) is 14.1. The molecule has 0 saturated heterocycles. The van der Waals surface area contributed by atoms with Gasteiger partial charge in [-0.1, -0.05) is 91.0 Å². The quantitative estimate of drug-likeness (QED) is 0.198. The zero-order valence-corrected chi connectivity index (χ0v) is 25.5. The van der Waals surface area contributed by atoms with Crippen LogP contribution in [0.3, 0.4) is 0 Å². The number of thiophene rings is 1. The smallest absolute Gasteiger partial charge is 0.0630 e. The van der Waals surface area contributed by atoms with Crippen LogP contribution in [0.2, 0.25) is 0 Å². The Morgan fingerprint density at radius 2 is 1.51 bits per heavy atom. The molecule has 7 aromatic rings. The van der Waals surface area contributed by atoms with Crippen LogP contribution in [0.25, 0.3) is 48.4 Å². The lowest BCUT2D eigenvalue weighted by molar-refractivity contribution is 0.747. The van der Waals surface area contributed by atoms with E-state index in [9.17, 15) is 0 Å². The van der Waals surface area contributed by atoms with E-state index in [2.05, 4.69) is 155 Å². The van der Waals surface area contributed by atoms with Gasteiger partial charge in [0.05, 0.1) is 11.6 Å².